The number of rotatable bonds is 30. The highest BCUT2D eigenvalue weighted by Crippen LogP contribution is 2.65. The molecule has 7 aliphatic rings. The van der Waals surface area contributed by atoms with Gasteiger partial charge in [-0.15, -0.1) is 0 Å². The van der Waals surface area contributed by atoms with Gasteiger partial charge in [-0.3, -0.25) is 0 Å². The Morgan fingerprint density at radius 2 is 0.514 bits per heavy atom. The van der Waals surface area contributed by atoms with Gasteiger partial charge in [0.05, 0.1) is 0 Å². The fourth-order valence-corrected chi connectivity index (χ4v) is 28.1. The van der Waals surface area contributed by atoms with Gasteiger partial charge in [-0.05, 0) is 312 Å². The van der Waals surface area contributed by atoms with Crippen molar-refractivity contribution in [2.45, 2.75) is 289 Å². The number of benzene rings is 15. The van der Waals surface area contributed by atoms with Gasteiger partial charge in [0.1, 0.15) is 22.3 Å². The molecular weight excluding hydrogens is 1670 g/mol. The highest BCUT2D eigenvalue weighted by atomic mass is 16.3. The van der Waals surface area contributed by atoms with Gasteiger partial charge in [-0.2, -0.15) is 0 Å². The van der Waals surface area contributed by atoms with Crippen LogP contribution in [0.4, 0.5) is 17.1 Å². The summed E-state index contributed by atoms with van der Waals surface area (Å²) in [6.07, 6.45) is 30.7. The maximum atomic E-state index is 7.39. The fraction of sp³-hybridized carbons (Fsp3) is 0.333. The van der Waals surface area contributed by atoms with Gasteiger partial charge in [0, 0.05) is 82.1 Å². The summed E-state index contributed by atoms with van der Waals surface area (Å²) in [5.74, 6) is 0. The van der Waals surface area contributed by atoms with Crippen LogP contribution in [0.25, 0.3) is 155 Å². The Kier molecular flexibility index (Phi) is 21.5. The molecule has 0 bridgehead atoms. The van der Waals surface area contributed by atoms with Crippen molar-refractivity contribution in [2.75, 3.05) is 4.90 Å². The van der Waals surface area contributed by atoms with Crippen LogP contribution in [-0.2, 0) is 37.9 Å². The minimum Gasteiger partial charge on any atom is -0.456 e. The van der Waals surface area contributed by atoms with Crippen LogP contribution in [0, 0.1) is 0 Å². The van der Waals surface area contributed by atoms with E-state index in [0.29, 0.717) is 0 Å². The van der Waals surface area contributed by atoms with Crippen LogP contribution >= 0.6 is 0 Å². The lowest BCUT2D eigenvalue weighted by Gasteiger charge is -2.33. The van der Waals surface area contributed by atoms with Crippen molar-refractivity contribution >= 4 is 60.9 Å². The molecule has 0 saturated heterocycles. The Morgan fingerprint density at radius 3 is 0.986 bits per heavy atom. The Balaban J connectivity index is 0.606. The van der Waals surface area contributed by atoms with Gasteiger partial charge in [0.25, 0.3) is 0 Å². The topological polar surface area (TPSA) is 29.5 Å². The molecule has 2 heterocycles. The van der Waals surface area contributed by atoms with E-state index in [9.17, 15) is 0 Å². The molecule has 15 aromatic carbocycles. The Hall–Kier alpha value is -12.3. The van der Waals surface area contributed by atoms with Gasteiger partial charge in [0.2, 0.25) is 0 Å². The van der Waals surface area contributed by atoms with Crippen LogP contribution in [0.3, 0.4) is 0 Å². The number of unbranched alkanes of at least 4 members (excludes halogenated alkanes) is 16. The van der Waals surface area contributed by atoms with E-state index >= 15 is 0 Å². The molecular formula is C135H135NO2. The first-order valence-electron chi connectivity index (χ1n) is 53.3. The average Bonchev–Trinajstić information content (AvgIpc) is 1.53. The van der Waals surface area contributed by atoms with Gasteiger partial charge in [-0.25, -0.2) is 0 Å². The van der Waals surface area contributed by atoms with E-state index in [-0.39, 0.29) is 32.5 Å². The van der Waals surface area contributed by atoms with Crippen molar-refractivity contribution in [2.24, 2.45) is 0 Å². The molecule has 0 atom stereocenters. The van der Waals surface area contributed by atoms with Gasteiger partial charge >= 0.3 is 0 Å². The molecule has 0 amide bonds. The van der Waals surface area contributed by atoms with E-state index in [4.69, 9.17) is 8.83 Å². The van der Waals surface area contributed by atoms with Crippen molar-refractivity contribution in [3.63, 3.8) is 0 Å². The summed E-state index contributed by atoms with van der Waals surface area (Å²) < 4.78 is 14.0. The number of hydrogen-bond donors (Lipinski definition) is 0. The van der Waals surface area contributed by atoms with Crippen LogP contribution in [0.2, 0.25) is 0 Å². The molecule has 24 rings (SSSR count). The zero-order valence-electron chi connectivity index (χ0n) is 84.2. The molecule has 3 nitrogen and oxygen atoms in total. The van der Waals surface area contributed by atoms with Crippen LogP contribution in [0.5, 0.6) is 0 Å². The van der Waals surface area contributed by atoms with Crippen LogP contribution in [0.15, 0.2) is 282 Å². The summed E-state index contributed by atoms with van der Waals surface area (Å²) in [4.78, 5) is 2.62. The molecule has 0 spiro atoms. The lowest BCUT2D eigenvalue weighted by atomic mass is 9.70. The summed E-state index contributed by atoms with van der Waals surface area (Å²) in [7, 11) is 0. The molecule has 0 radical (unpaired) electrons. The largest absolute Gasteiger partial charge is 0.456 e. The normalized spacial score (nSPS) is 16.0. The first-order valence-corrected chi connectivity index (χ1v) is 53.3. The van der Waals surface area contributed by atoms with Gasteiger partial charge in [-0.1, -0.05) is 395 Å². The molecule has 0 N–H and O–H groups in total. The molecule has 7 aliphatic carbocycles. The minimum absolute atomic E-state index is 0.00265. The third-order valence-corrected chi connectivity index (χ3v) is 35.7. The first-order chi connectivity index (χ1) is 67.0. The van der Waals surface area contributed by atoms with Crippen LogP contribution < -0.4 is 4.90 Å². The van der Waals surface area contributed by atoms with Gasteiger partial charge in [0.15, 0.2) is 0 Å². The SMILES string of the molecule is CCCCCCCC1(CCCCCCC)c2ccccc2-c2ccc(-c3ccc4c(c3)C(C)(C)c3cc(-c5cc6c(c7c5oc5ccccc57)-c5ccc(N(c7ccc8c(c7)C(C)(C)c7cc(-c9ccc%10c(c9)C(CCCCCCC)(CCCCCCC)c9ccccc9-%10)ccc7-8)c7ccc8c(c7)C(C)(C)c7cc9c(cc7-8)C(C)(C)c7ccc8oc%10ccccc%10c8c7-9)cc5C6(C)C)ccc3-4)cc21. The molecule has 2 aromatic heterocycles. The number of fused-ring (bicyclic) bond motifs is 29. The zero-order valence-corrected chi connectivity index (χ0v) is 84.2. The molecule has 0 fully saturated rings. The summed E-state index contributed by atoms with van der Waals surface area (Å²) in [6.45, 7) is 34.1. The second kappa shape index (κ2) is 33.5. The summed E-state index contributed by atoms with van der Waals surface area (Å²) in [5, 5.41) is 4.74. The summed E-state index contributed by atoms with van der Waals surface area (Å²) in [5.41, 5.74) is 51.9. The second-order valence-corrected chi connectivity index (χ2v) is 45.4. The molecule has 138 heavy (non-hydrogen) atoms. The van der Waals surface area contributed by atoms with Crippen molar-refractivity contribution in [1.29, 1.82) is 0 Å². The second-order valence-electron chi connectivity index (χ2n) is 45.4. The fourth-order valence-electron chi connectivity index (χ4n) is 28.1. The number of furan rings is 2. The smallest absolute Gasteiger partial charge is 0.143 e. The minimum atomic E-state index is -0.436. The quantitative estimate of drug-likeness (QED) is 0.0420. The predicted molar refractivity (Wildman–Crippen MR) is 586 cm³/mol. The highest BCUT2D eigenvalue weighted by Gasteiger charge is 2.49. The third kappa shape index (κ3) is 13.4. The van der Waals surface area contributed by atoms with Gasteiger partial charge < -0.3 is 13.7 Å². The number of hydrogen-bond acceptors (Lipinski definition) is 3. The number of nitrogens with zero attached hydrogens (tertiary/aromatic N) is 1. The Morgan fingerprint density at radius 1 is 0.203 bits per heavy atom. The molecule has 17 aromatic rings. The standard InChI is InChI=1S/C135H135NO2/c1-15-19-23-27-39-69-134(70-40-28-24-20-16-2)107-47-35-31-43-92(107)98-61-53-86(75-118(98)134)84-51-59-94-96-63-55-88(77-112(96)130(7,8)110(94)73-84)104-81-120-124(127-103-46-34-38-50-122(103)138-128(104)127)101-66-58-91(80-115(101)133(120,13)14)136(90-57-65-100-105-82-117-106(83-116(105)132(11,12)114(100)79-90)125-109(129(117,5)6)67-68-123-126(125)102-45-33-37-49-121(102)137-123)89-56-64-97-95-60-52-85(74-111(95)131(9,10)113(97)78-89)87-54-62-99-93-44-32-36-48-108(93)135(119(99)76-87,71-41-29-25-21-17-3)72-42-30-26-22-18-4/h31-38,43-68,73-83H,15-30,39-42,69-72H2,1-14H3. The summed E-state index contributed by atoms with van der Waals surface area (Å²) in [6, 6.07) is 109. The van der Waals surface area contributed by atoms with Crippen LogP contribution in [-0.4, -0.2) is 0 Å². The lowest BCUT2D eigenvalue weighted by molar-refractivity contribution is 0.399. The lowest BCUT2D eigenvalue weighted by Crippen LogP contribution is -2.25. The van der Waals surface area contributed by atoms with Crippen molar-refractivity contribution in [3.05, 3.63) is 351 Å². The number of anilines is 3. The molecule has 0 saturated carbocycles. The molecule has 0 unspecified atom stereocenters. The molecule has 3 heteroatoms. The maximum Gasteiger partial charge on any atom is 0.143 e. The van der Waals surface area contributed by atoms with E-state index < -0.39 is 5.41 Å². The van der Waals surface area contributed by atoms with E-state index in [1.807, 2.05) is 0 Å². The van der Waals surface area contributed by atoms with E-state index in [1.165, 1.54) is 332 Å². The first kappa shape index (κ1) is 88.4. The molecule has 692 valence electrons. The maximum absolute atomic E-state index is 7.39. The van der Waals surface area contributed by atoms with Crippen LogP contribution in [0.1, 0.15) is 329 Å². The average molecular weight is 1800 g/mol. The Labute approximate surface area is 820 Å². The summed E-state index contributed by atoms with van der Waals surface area (Å²) >= 11 is 0. The van der Waals surface area contributed by atoms with E-state index in [2.05, 4.69) is 375 Å². The zero-order chi connectivity index (χ0) is 94.3. The third-order valence-electron chi connectivity index (χ3n) is 35.7. The number of para-hydroxylation sites is 2. The van der Waals surface area contributed by atoms with Crippen molar-refractivity contribution < 1.29 is 8.83 Å². The predicted octanol–water partition coefficient (Wildman–Crippen LogP) is 39.5. The molecule has 0 aliphatic heterocycles. The van der Waals surface area contributed by atoms with Crippen molar-refractivity contribution in [3.8, 4) is 111 Å². The van der Waals surface area contributed by atoms with E-state index in [1.54, 1.807) is 22.3 Å². The van der Waals surface area contributed by atoms with Crippen molar-refractivity contribution in [1.82, 2.24) is 0 Å². The Bertz CT molecular complexity index is 7790. The highest BCUT2D eigenvalue weighted by molar-refractivity contribution is 6.20. The monoisotopic (exact) mass is 1800 g/mol. The van der Waals surface area contributed by atoms with E-state index in [0.717, 1.165) is 50.3 Å².